The first-order valence-corrected chi connectivity index (χ1v) is 8.94. The smallest absolute Gasteiger partial charge is 0.324 e. The summed E-state index contributed by atoms with van der Waals surface area (Å²) < 4.78 is 0. The molecule has 0 aromatic heterocycles. The second kappa shape index (κ2) is 6.98. The van der Waals surface area contributed by atoms with E-state index >= 15 is 0 Å². The number of hydrogen-bond donors (Lipinski definition) is 2. The number of amides is 4. The number of carbonyl (C=O) groups excluding carboxylic acids is 3. The van der Waals surface area contributed by atoms with E-state index in [0.29, 0.717) is 12.0 Å². The Labute approximate surface area is 156 Å². The van der Waals surface area contributed by atoms with Crippen LogP contribution in [-0.2, 0) is 9.59 Å². The Morgan fingerprint density at radius 3 is 2.81 bits per heavy atom. The van der Waals surface area contributed by atoms with Crippen molar-refractivity contribution in [2.45, 2.75) is 45.1 Å². The number of nitro groups is 1. The van der Waals surface area contributed by atoms with Gasteiger partial charge in [-0.3, -0.25) is 24.6 Å². The van der Waals surface area contributed by atoms with Gasteiger partial charge in [-0.25, -0.2) is 4.79 Å². The van der Waals surface area contributed by atoms with E-state index in [1.165, 1.54) is 25.1 Å². The molecule has 1 spiro atoms. The summed E-state index contributed by atoms with van der Waals surface area (Å²) in [4.78, 5) is 49.0. The normalized spacial score (nSPS) is 24.8. The fourth-order valence-corrected chi connectivity index (χ4v) is 3.93. The molecule has 1 saturated carbocycles. The predicted molar refractivity (Wildman–Crippen MR) is 97.1 cm³/mol. The van der Waals surface area contributed by atoms with Crippen LogP contribution in [0, 0.1) is 23.0 Å². The summed E-state index contributed by atoms with van der Waals surface area (Å²) in [7, 11) is 0. The highest BCUT2D eigenvalue weighted by atomic mass is 16.6. The van der Waals surface area contributed by atoms with E-state index in [9.17, 15) is 24.5 Å². The lowest BCUT2D eigenvalue weighted by Crippen LogP contribution is -2.54. The van der Waals surface area contributed by atoms with Crippen LogP contribution >= 0.6 is 0 Å². The number of nitro benzene ring substituents is 1. The van der Waals surface area contributed by atoms with Crippen LogP contribution in [0.25, 0.3) is 0 Å². The fraction of sp³-hybridized carbons (Fsp3) is 0.500. The van der Waals surface area contributed by atoms with Gasteiger partial charge in [0.1, 0.15) is 12.1 Å². The van der Waals surface area contributed by atoms with Gasteiger partial charge in [0.2, 0.25) is 5.91 Å². The van der Waals surface area contributed by atoms with Gasteiger partial charge in [0.05, 0.1) is 16.2 Å². The van der Waals surface area contributed by atoms with E-state index in [4.69, 9.17) is 0 Å². The Bertz CT molecular complexity index is 824. The molecule has 2 atom stereocenters. The monoisotopic (exact) mass is 374 g/mol. The van der Waals surface area contributed by atoms with Gasteiger partial charge in [0.25, 0.3) is 11.6 Å². The maximum absolute atomic E-state index is 12.9. The summed E-state index contributed by atoms with van der Waals surface area (Å²) in [5.41, 5.74) is -0.443. The van der Waals surface area contributed by atoms with Gasteiger partial charge in [0, 0.05) is 6.07 Å². The second-order valence-corrected chi connectivity index (χ2v) is 7.19. The Morgan fingerprint density at radius 1 is 1.41 bits per heavy atom. The molecule has 0 unspecified atom stereocenters. The lowest BCUT2D eigenvalue weighted by molar-refractivity contribution is -0.385. The molecule has 2 aliphatic rings. The quantitative estimate of drug-likeness (QED) is 0.476. The van der Waals surface area contributed by atoms with Crippen molar-refractivity contribution in [2.24, 2.45) is 5.92 Å². The standard InChI is InChI=1S/C18H22N4O5/c1-11-6-3-4-9-18(11)16(24)21(17(25)20-18)10-15(23)19-13-7-5-8-14(12(13)2)22(26)27/h5,7-8,11H,3-4,6,9-10H2,1-2H3,(H,19,23)(H,20,25)/t11-,18-/m0/s1. The molecule has 1 aromatic carbocycles. The predicted octanol–water partition coefficient (Wildman–Crippen LogP) is 2.34. The molecule has 2 fully saturated rings. The molecule has 2 N–H and O–H groups in total. The molecular weight excluding hydrogens is 352 g/mol. The van der Waals surface area contributed by atoms with Crippen molar-refractivity contribution >= 4 is 29.2 Å². The highest BCUT2D eigenvalue weighted by molar-refractivity contribution is 6.10. The molecule has 1 heterocycles. The number of nitrogens with one attached hydrogen (secondary N) is 2. The number of rotatable bonds is 4. The zero-order valence-electron chi connectivity index (χ0n) is 15.3. The van der Waals surface area contributed by atoms with Crippen LogP contribution in [0.3, 0.4) is 0 Å². The lowest BCUT2D eigenvalue weighted by atomic mass is 9.73. The minimum Gasteiger partial charge on any atom is -0.324 e. The molecule has 1 aromatic rings. The van der Waals surface area contributed by atoms with Gasteiger partial charge < -0.3 is 10.6 Å². The molecule has 9 nitrogen and oxygen atoms in total. The minimum absolute atomic E-state index is 0.00905. The second-order valence-electron chi connectivity index (χ2n) is 7.19. The summed E-state index contributed by atoms with van der Waals surface area (Å²) in [6.45, 7) is 3.04. The third-order valence-corrected chi connectivity index (χ3v) is 5.58. The molecule has 1 aliphatic heterocycles. The molecule has 0 radical (unpaired) electrons. The van der Waals surface area contributed by atoms with Crippen molar-refractivity contribution in [1.82, 2.24) is 10.2 Å². The molecule has 27 heavy (non-hydrogen) atoms. The number of nitrogens with zero attached hydrogens (tertiary/aromatic N) is 2. The maximum Gasteiger partial charge on any atom is 0.325 e. The van der Waals surface area contributed by atoms with Crippen molar-refractivity contribution < 1.29 is 19.3 Å². The third-order valence-electron chi connectivity index (χ3n) is 5.58. The van der Waals surface area contributed by atoms with Gasteiger partial charge in [-0.05, 0) is 31.7 Å². The number of imide groups is 1. The van der Waals surface area contributed by atoms with Gasteiger partial charge in [-0.1, -0.05) is 25.8 Å². The molecular formula is C18H22N4O5. The highest BCUT2D eigenvalue weighted by Crippen LogP contribution is 2.38. The van der Waals surface area contributed by atoms with Gasteiger partial charge >= 0.3 is 6.03 Å². The Kier molecular flexibility index (Phi) is 4.86. The first kappa shape index (κ1) is 18.8. The van der Waals surface area contributed by atoms with E-state index in [2.05, 4.69) is 10.6 Å². The zero-order valence-corrected chi connectivity index (χ0v) is 15.3. The molecule has 0 bridgehead atoms. The van der Waals surface area contributed by atoms with Crippen LogP contribution in [0.1, 0.15) is 38.2 Å². The average Bonchev–Trinajstić information content (AvgIpc) is 2.84. The van der Waals surface area contributed by atoms with Crippen LogP contribution in [0.15, 0.2) is 18.2 Å². The highest BCUT2D eigenvalue weighted by Gasteiger charge is 2.55. The topological polar surface area (TPSA) is 122 Å². The van der Waals surface area contributed by atoms with E-state index < -0.39 is 28.9 Å². The summed E-state index contributed by atoms with van der Waals surface area (Å²) in [6.07, 6.45) is 3.28. The first-order valence-electron chi connectivity index (χ1n) is 8.94. The summed E-state index contributed by atoms with van der Waals surface area (Å²) >= 11 is 0. The van der Waals surface area contributed by atoms with Crippen LogP contribution < -0.4 is 10.6 Å². The van der Waals surface area contributed by atoms with Crippen LogP contribution in [0.5, 0.6) is 0 Å². The molecule has 3 rings (SSSR count). The Balaban J connectivity index is 1.73. The van der Waals surface area contributed by atoms with Crippen molar-refractivity contribution in [3.8, 4) is 0 Å². The van der Waals surface area contributed by atoms with Gasteiger partial charge in [-0.2, -0.15) is 0 Å². The van der Waals surface area contributed by atoms with E-state index in [-0.39, 0.29) is 23.2 Å². The number of benzene rings is 1. The van der Waals surface area contributed by atoms with Gasteiger partial charge in [-0.15, -0.1) is 0 Å². The van der Waals surface area contributed by atoms with Crippen molar-refractivity contribution in [3.63, 3.8) is 0 Å². The molecule has 144 valence electrons. The summed E-state index contributed by atoms with van der Waals surface area (Å²) in [6, 6.07) is 3.78. The number of hydrogen-bond acceptors (Lipinski definition) is 5. The first-order chi connectivity index (χ1) is 12.8. The number of urea groups is 1. The average molecular weight is 374 g/mol. The zero-order chi connectivity index (χ0) is 19.8. The van der Waals surface area contributed by atoms with Crippen molar-refractivity contribution in [3.05, 3.63) is 33.9 Å². The molecule has 4 amide bonds. The Hall–Kier alpha value is -2.97. The van der Waals surface area contributed by atoms with Crippen molar-refractivity contribution in [2.75, 3.05) is 11.9 Å². The van der Waals surface area contributed by atoms with Crippen LogP contribution in [0.2, 0.25) is 0 Å². The Morgan fingerprint density at radius 2 is 2.15 bits per heavy atom. The minimum atomic E-state index is -0.920. The maximum atomic E-state index is 12.9. The van der Waals surface area contributed by atoms with Crippen LogP contribution in [-0.4, -0.2) is 39.8 Å². The van der Waals surface area contributed by atoms with Gasteiger partial charge in [0.15, 0.2) is 0 Å². The third kappa shape index (κ3) is 3.24. The number of anilines is 1. The molecule has 1 aliphatic carbocycles. The summed E-state index contributed by atoms with van der Waals surface area (Å²) in [5, 5.41) is 16.4. The summed E-state index contributed by atoms with van der Waals surface area (Å²) in [5.74, 6) is -0.942. The molecule has 9 heteroatoms. The SMILES string of the molecule is Cc1c(NC(=O)CN2C(=O)N[C@]3(CCCC[C@@H]3C)C2=O)cccc1[N+](=O)[O-]. The lowest BCUT2D eigenvalue weighted by Gasteiger charge is -2.36. The fourth-order valence-electron chi connectivity index (χ4n) is 3.93. The van der Waals surface area contributed by atoms with E-state index in [1.807, 2.05) is 6.92 Å². The van der Waals surface area contributed by atoms with Crippen LogP contribution in [0.4, 0.5) is 16.2 Å². The van der Waals surface area contributed by atoms with Crippen molar-refractivity contribution in [1.29, 1.82) is 0 Å². The van der Waals surface area contributed by atoms with E-state index in [1.54, 1.807) is 0 Å². The number of carbonyl (C=O) groups is 3. The molecule has 1 saturated heterocycles. The largest absolute Gasteiger partial charge is 0.325 e. The van der Waals surface area contributed by atoms with E-state index in [0.717, 1.165) is 24.2 Å².